The first-order valence-corrected chi connectivity index (χ1v) is 21.3. The standard InChI is InChI=1S/C44H55N11O4/c1-28-5-12-37(42(57)47-28)55-26-32-22-34(10-11-36(32)43(55)58)52-19-13-29(25-52)24-51-17-14-31(15-18-51)30-6-8-33(9-7-30)48-41-39(40(45)56)46-23-38(49-41)53-16-3-4-35(27-53)54-21-20-50(2)44(54)59/h6-11,22-23,29,31,35,37H,1,3-5,12-21,24-27H2,2H3,(H2,45,56)(H,47,57)(H,48,49). The normalized spacial score (nSPS) is 24.3. The number of carbonyl (C=O) groups is 4. The molecule has 6 aliphatic heterocycles. The van der Waals surface area contributed by atoms with Crippen LogP contribution in [0.2, 0.25) is 0 Å². The number of fused-ring (bicyclic) bond motifs is 1. The Hall–Kier alpha value is -5.70. The Morgan fingerprint density at radius 3 is 2.47 bits per heavy atom. The highest BCUT2D eigenvalue weighted by atomic mass is 16.2. The van der Waals surface area contributed by atoms with E-state index in [9.17, 15) is 19.2 Å². The summed E-state index contributed by atoms with van der Waals surface area (Å²) in [6, 6.07) is 14.3. The highest BCUT2D eigenvalue weighted by Gasteiger charge is 2.39. The van der Waals surface area contributed by atoms with E-state index in [1.807, 2.05) is 30.1 Å². The van der Waals surface area contributed by atoms with Crippen molar-refractivity contribution in [3.8, 4) is 0 Å². The van der Waals surface area contributed by atoms with Crippen LogP contribution in [0, 0.1) is 5.92 Å². The third-order valence-corrected chi connectivity index (χ3v) is 13.4. The predicted octanol–water partition coefficient (Wildman–Crippen LogP) is 4.11. The van der Waals surface area contributed by atoms with Crippen molar-refractivity contribution in [2.24, 2.45) is 11.7 Å². The van der Waals surface area contributed by atoms with Gasteiger partial charge in [0.2, 0.25) is 5.91 Å². The molecule has 9 rings (SSSR count). The molecule has 5 fully saturated rings. The average Bonchev–Trinajstić information content (AvgIpc) is 3.94. The summed E-state index contributed by atoms with van der Waals surface area (Å²) in [5, 5.41) is 6.14. The Bertz CT molecular complexity index is 2140. The van der Waals surface area contributed by atoms with Gasteiger partial charge in [-0.2, -0.15) is 0 Å². The molecule has 5 saturated heterocycles. The van der Waals surface area contributed by atoms with Crippen LogP contribution in [-0.2, 0) is 11.3 Å². The maximum atomic E-state index is 13.2. The van der Waals surface area contributed by atoms with Gasteiger partial charge in [-0.15, -0.1) is 0 Å². The number of carbonyl (C=O) groups excluding carboxylic acids is 4. The zero-order chi connectivity index (χ0) is 40.8. The van der Waals surface area contributed by atoms with E-state index in [1.165, 1.54) is 5.56 Å². The Morgan fingerprint density at radius 1 is 0.915 bits per heavy atom. The molecule has 59 heavy (non-hydrogen) atoms. The van der Waals surface area contributed by atoms with E-state index in [4.69, 9.17) is 10.7 Å². The van der Waals surface area contributed by atoms with E-state index in [2.05, 4.69) is 61.2 Å². The van der Waals surface area contributed by atoms with Crippen LogP contribution in [0.5, 0.6) is 0 Å². The summed E-state index contributed by atoms with van der Waals surface area (Å²) in [6.45, 7) is 12.5. The summed E-state index contributed by atoms with van der Waals surface area (Å²) in [4.78, 5) is 72.8. The molecular formula is C44H55N11O4. The number of allylic oxidation sites excluding steroid dienone is 1. The number of likely N-dealkylation sites (tertiary alicyclic amines) is 1. The Labute approximate surface area is 345 Å². The summed E-state index contributed by atoms with van der Waals surface area (Å²) in [6.07, 6.45) is 8.13. The number of amides is 5. The van der Waals surface area contributed by atoms with Crippen molar-refractivity contribution in [1.29, 1.82) is 0 Å². The highest BCUT2D eigenvalue weighted by Crippen LogP contribution is 2.35. The van der Waals surface area contributed by atoms with Crippen LogP contribution in [0.15, 0.2) is 60.9 Å². The molecule has 310 valence electrons. The maximum Gasteiger partial charge on any atom is 0.320 e. The molecule has 5 amide bonds. The molecule has 4 N–H and O–H groups in total. The van der Waals surface area contributed by atoms with E-state index in [0.717, 1.165) is 107 Å². The average molecular weight is 802 g/mol. The number of hydrogen-bond acceptors (Lipinski definition) is 10. The monoisotopic (exact) mass is 801 g/mol. The molecule has 0 saturated carbocycles. The summed E-state index contributed by atoms with van der Waals surface area (Å²) < 4.78 is 0. The van der Waals surface area contributed by atoms with Crippen LogP contribution in [0.4, 0.5) is 27.8 Å². The van der Waals surface area contributed by atoms with Gasteiger partial charge in [0.05, 0.1) is 12.2 Å². The van der Waals surface area contributed by atoms with Gasteiger partial charge in [0.1, 0.15) is 11.9 Å². The molecule has 0 aliphatic carbocycles. The van der Waals surface area contributed by atoms with Gasteiger partial charge in [0, 0.05) is 82.0 Å². The number of rotatable bonds is 10. The van der Waals surface area contributed by atoms with Gasteiger partial charge in [-0.25, -0.2) is 14.8 Å². The number of nitrogens with one attached hydrogen (secondary N) is 2. The van der Waals surface area contributed by atoms with Gasteiger partial charge < -0.3 is 45.8 Å². The molecule has 0 radical (unpaired) electrons. The van der Waals surface area contributed by atoms with E-state index in [0.29, 0.717) is 55.0 Å². The summed E-state index contributed by atoms with van der Waals surface area (Å²) >= 11 is 0. The predicted molar refractivity (Wildman–Crippen MR) is 226 cm³/mol. The molecule has 3 unspecified atom stereocenters. The lowest BCUT2D eigenvalue weighted by atomic mass is 9.89. The Kier molecular flexibility index (Phi) is 10.6. The van der Waals surface area contributed by atoms with Crippen molar-refractivity contribution in [2.45, 2.75) is 69.5 Å². The quantitative estimate of drug-likeness (QED) is 0.272. The van der Waals surface area contributed by atoms with Crippen LogP contribution in [0.25, 0.3) is 0 Å². The Balaban J connectivity index is 0.764. The zero-order valence-corrected chi connectivity index (χ0v) is 33.9. The van der Waals surface area contributed by atoms with Crippen molar-refractivity contribution in [3.05, 3.63) is 83.3 Å². The van der Waals surface area contributed by atoms with Crippen LogP contribution in [0.3, 0.4) is 0 Å². The topological polar surface area (TPSA) is 164 Å². The lowest BCUT2D eigenvalue weighted by Gasteiger charge is -2.37. The van der Waals surface area contributed by atoms with Crippen LogP contribution in [0.1, 0.15) is 82.8 Å². The van der Waals surface area contributed by atoms with Crippen molar-refractivity contribution in [3.63, 3.8) is 0 Å². The lowest BCUT2D eigenvalue weighted by molar-refractivity contribution is -0.126. The fraction of sp³-hybridized carbons (Fsp3) is 0.500. The number of aromatic nitrogens is 2. The van der Waals surface area contributed by atoms with E-state index >= 15 is 0 Å². The molecule has 1 aromatic heterocycles. The minimum Gasteiger partial charge on any atom is -0.371 e. The molecule has 6 aliphatic rings. The van der Waals surface area contributed by atoms with Gasteiger partial charge in [0.25, 0.3) is 11.8 Å². The molecule has 0 bridgehead atoms. The van der Waals surface area contributed by atoms with E-state index in [-0.39, 0.29) is 29.6 Å². The van der Waals surface area contributed by atoms with Crippen molar-refractivity contribution < 1.29 is 19.2 Å². The smallest absolute Gasteiger partial charge is 0.320 e. The number of benzene rings is 2. The first-order chi connectivity index (χ1) is 28.6. The number of hydrogen-bond donors (Lipinski definition) is 3. The third-order valence-electron chi connectivity index (χ3n) is 13.4. The van der Waals surface area contributed by atoms with Gasteiger partial charge in [-0.3, -0.25) is 14.4 Å². The summed E-state index contributed by atoms with van der Waals surface area (Å²) in [5.74, 6) is 1.21. The molecular weight excluding hydrogens is 747 g/mol. The van der Waals surface area contributed by atoms with E-state index in [1.54, 1.807) is 16.0 Å². The van der Waals surface area contributed by atoms with Crippen LogP contribution < -0.4 is 26.2 Å². The molecule has 7 heterocycles. The second kappa shape index (κ2) is 16.2. The van der Waals surface area contributed by atoms with E-state index < -0.39 is 11.9 Å². The van der Waals surface area contributed by atoms with Gasteiger partial charge in [0.15, 0.2) is 11.5 Å². The molecule has 0 spiro atoms. The number of anilines is 4. The highest BCUT2D eigenvalue weighted by molar-refractivity contribution is 6.02. The fourth-order valence-electron chi connectivity index (χ4n) is 10.1. The van der Waals surface area contributed by atoms with Crippen molar-refractivity contribution in [1.82, 2.24) is 34.9 Å². The number of urea groups is 1. The molecule has 3 atom stereocenters. The molecule has 15 heteroatoms. The maximum absolute atomic E-state index is 13.2. The minimum atomic E-state index is -0.644. The van der Waals surface area contributed by atoms with Gasteiger partial charge in [-0.1, -0.05) is 18.7 Å². The number of nitrogens with two attached hydrogens (primary N) is 1. The first-order valence-electron chi connectivity index (χ1n) is 21.3. The molecule has 3 aromatic rings. The summed E-state index contributed by atoms with van der Waals surface area (Å²) in [7, 11) is 1.84. The second-order valence-electron chi connectivity index (χ2n) is 17.3. The van der Waals surface area contributed by atoms with Crippen molar-refractivity contribution >= 4 is 46.8 Å². The Morgan fingerprint density at radius 2 is 1.73 bits per heavy atom. The number of piperidine rings is 3. The zero-order valence-electron chi connectivity index (χ0n) is 33.9. The van der Waals surface area contributed by atoms with Crippen LogP contribution >= 0.6 is 0 Å². The fourth-order valence-corrected chi connectivity index (χ4v) is 10.1. The molecule has 2 aromatic carbocycles. The molecule has 15 nitrogen and oxygen atoms in total. The lowest BCUT2D eigenvalue weighted by Crippen LogP contribution is -2.49. The van der Waals surface area contributed by atoms with Crippen molar-refractivity contribution in [2.75, 3.05) is 81.1 Å². The minimum absolute atomic E-state index is 0.0570. The summed E-state index contributed by atoms with van der Waals surface area (Å²) in [5.41, 5.74) is 11.5. The van der Waals surface area contributed by atoms with Crippen LogP contribution in [-0.4, -0.2) is 131 Å². The number of primary amides is 1. The van der Waals surface area contributed by atoms with Gasteiger partial charge >= 0.3 is 6.03 Å². The first kappa shape index (κ1) is 38.8. The SMILES string of the molecule is C=C1CCC(N2Cc3cc(N4CCC(CN5CCC(c6ccc(Nc7nc(N8CCCC(N9CCN(C)C9=O)C8)cnc7C(N)=O)cc6)CC5)C4)ccc3C2=O)C(=O)N1. The third kappa shape index (κ3) is 7.91. The largest absolute Gasteiger partial charge is 0.371 e. The number of likely N-dealkylation sites (N-methyl/N-ethyl adjacent to an activating group) is 1. The second-order valence-corrected chi connectivity index (χ2v) is 17.3. The number of nitrogens with zero attached hydrogens (tertiary/aromatic N) is 8. The van der Waals surface area contributed by atoms with Gasteiger partial charge in [-0.05, 0) is 111 Å².